The number of carbonyl (C=O) groups is 1. The van der Waals surface area contributed by atoms with E-state index in [2.05, 4.69) is 30.8 Å². The van der Waals surface area contributed by atoms with Crippen molar-refractivity contribution in [1.82, 2.24) is 20.4 Å². The van der Waals surface area contributed by atoms with Gasteiger partial charge in [-0.25, -0.2) is 10.2 Å². The van der Waals surface area contributed by atoms with Gasteiger partial charge in [0.25, 0.3) is 0 Å². The minimum atomic E-state index is -0.494. The normalized spacial score (nSPS) is 10.4. The average Bonchev–Trinajstić information content (AvgIpc) is 2.75. The first-order chi connectivity index (χ1) is 14.2. The molecule has 3 aromatic rings. The van der Waals surface area contributed by atoms with Crippen LogP contribution in [-0.4, -0.2) is 41.4 Å². The number of rotatable bonds is 7. The number of aromatic nitrogens is 3. The van der Waals surface area contributed by atoms with Crippen LogP contribution >= 0.6 is 0 Å². The summed E-state index contributed by atoms with van der Waals surface area (Å²) in [5.41, 5.74) is 3.36. The number of hydrazone groups is 1. The Morgan fingerprint density at radius 3 is 2.45 bits per heavy atom. The average molecular weight is 394 g/mol. The molecule has 1 aromatic carbocycles. The molecule has 0 atom stereocenters. The first-order valence-electron chi connectivity index (χ1n) is 8.43. The van der Waals surface area contributed by atoms with E-state index in [0.717, 1.165) is 0 Å². The maximum absolute atomic E-state index is 11.9. The molecule has 148 valence electrons. The minimum Gasteiger partial charge on any atom is -0.481 e. The number of carbonyl (C=O) groups excluding carboxylic acids is 1. The summed E-state index contributed by atoms with van der Waals surface area (Å²) in [7, 11) is 2.94. The molecule has 29 heavy (non-hydrogen) atoms. The fourth-order valence-corrected chi connectivity index (χ4v) is 2.16. The topological polar surface area (TPSA) is 120 Å². The van der Waals surface area contributed by atoms with Crippen molar-refractivity contribution in [2.45, 2.75) is 0 Å². The van der Waals surface area contributed by atoms with Gasteiger partial charge in [-0.2, -0.15) is 15.1 Å². The number of anilines is 1. The molecule has 2 aromatic heterocycles. The Balaban J connectivity index is 1.69. The Morgan fingerprint density at radius 2 is 1.76 bits per heavy atom. The number of amides is 2. The monoisotopic (exact) mass is 394 g/mol. The molecular formula is C19H18N6O4. The molecule has 3 rings (SSSR count). The van der Waals surface area contributed by atoms with Gasteiger partial charge in [0.1, 0.15) is 5.69 Å². The molecule has 0 unspecified atom stereocenters. The molecule has 0 aliphatic rings. The van der Waals surface area contributed by atoms with E-state index in [-0.39, 0.29) is 17.8 Å². The summed E-state index contributed by atoms with van der Waals surface area (Å²) in [6.07, 6.45) is 2.91. The van der Waals surface area contributed by atoms with Gasteiger partial charge < -0.3 is 19.5 Å². The quantitative estimate of drug-likeness (QED) is 0.467. The summed E-state index contributed by atoms with van der Waals surface area (Å²) in [4.78, 5) is 24.3. The first kappa shape index (κ1) is 19.5. The second-order valence-electron chi connectivity index (χ2n) is 5.41. The molecule has 2 amide bonds. The lowest BCUT2D eigenvalue weighted by atomic mass is 10.3. The predicted molar refractivity (Wildman–Crippen MR) is 106 cm³/mol. The molecule has 10 heteroatoms. The zero-order chi connectivity index (χ0) is 20.5. The summed E-state index contributed by atoms with van der Waals surface area (Å²) in [6.45, 7) is 0. The molecule has 2 heterocycles. The van der Waals surface area contributed by atoms with Crippen LogP contribution in [0.15, 0.2) is 59.8 Å². The van der Waals surface area contributed by atoms with Crippen LogP contribution in [0.4, 0.5) is 10.5 Å². The summed E-state index contributed by atoms with van der Waals surface area (Å²) < 4.78 is 15.9. The zero-order valence-electron chi connectivity index (χ0n) is 15.7. The van der Waals surface area contributed by atoms with Gasteiger partial charge in [-0.1, -0.05) is 18.2 Å². The molecule has 0 saturated carbocycles. The van der Waals surface area contributed by atoms with Crippen molar-refractivity contribution < 1.29 is 19.0 Å². The maximum atomic E-state index is 11.9. The van der Waals surface area contributed by atoms with E-state index in [4.69, 9.17) is 14.2 Å². The van der Waals surface area contributed by atoms with Gasteiger partial charge in [-0.3, -0.25) is 4.98 Å². The van der Waals surface area contributed by atoms with Gasteiger partial charge in [-0.15, -0.1) is 0 Å². The van der Waals surface area contributed by atoms with Gasteiger partial charge in [0.05, 0.1) is 26.5 Å². The maximum Gasteiger partial charge on any atom is 0.339 e. The smallest absolute Gasteiger partial charge is 0.339 e. The van der Waals surface area contributed by atoms with Crippen LogP contribution in [0.3, 0.4) is 0 Å². The number of hydrogen-bond acceptors (Lipinski definition) is 8. The van der Waals surface area contributed by atoms with E-state index >= 15 is 0 Å². The van der Waals surface area contributed by atoms with E-state index in [9.17, 15) is 4.79 Å². The van der Waals surface area contributed by atoms with Crippen LogP contribution in [0, 0.1) is 0 Å². The summed E-state index contributed by atoms with van der Waals surface area (Å²) >= 11 is 0. The second kappa shape index (κ2) is 9.65. The molecule has 0 spiro atoms. The van der Waals surface area contributed by atoms with Crippen molar-refractivity contribution >= 4 is 17.9 Å². The summed E-state index contributed by atoms with van der Waals surface area (Å²) in [6, 6.07) is 13.4. The third kappa shape index (κ3) is 5.63. The third-order valence-corrected chi connectivity index (χ3v) is 3.46. The van der Waals surface area contributed by atoms with Crippen molar-refractivity contribution in [3.8, 4) is 23.5 Å². The summed E-state index contributed by atoms with van der Waals surface area (Å²) in [5, 5.41) is 6.53. The lowest BCUT2D eigenvalue weighted by molar-refractivity contribution is 0.252. The highest BCUT2D eigenvalue weighted by atomic mass is 16.5. The number of para-hydroxylation sites is 1. The number of ether oxygens (including phenoxy) is 3. The molecule has 2 N–H and O–H groups in total. The molecule has 0 saturated heterocycles. The van der Waals surface area contributed by atoms with Crippen molar-refractivity contribution in [2.24, 2.45) is 5.10 Å². The number of urea groups is 1. The van der Waals surface area contributed by atoms with Gasteiger partial charge >= 0.3 is 12.0 Å². The predicted octanol–water partition coefficient (Wildman–Crippen LogP) is 2.84. The zero-order valence-corrected chi connectivity index (χ0v) is 15.7. The van der Waals surface area contributed by atoms with Crippen molar-refractivity contribution in [2.75, 3.05) is 19.5 Å². The SMILES string of the molecule is COc1cc(OC)nc(Oc2cccnc2/C=N/NC(=O)Nc2ccccc2)n1. The van der Waals surface area contributed by atoms with E-state index < -0.39 is 6.03 Å². The van der Waals surface area contributed by atoms with Crippen LogP contribution < -0.4 is 25.0 Å². The van der Waals surface area contributed by atoms with E-state index in [1.54, 1.807) is 30.5 Å². The standard InChI is InChI=1S/C19H18N6O4/c1-27-16-11-17(28-2)24-19(23-16)29-15-9-6-10-20-14(15)12-21-25-18(26)22-13-7-4-3-5-8-13/h3-12H,1-2H3,(H2,22,25,26)/b21-12+. The Labute approximate surface area is 166 Å². The van der Waals surface area contributed by atoms with Crippen LogP contribution in [-0.2, 0) is 0 Å². The first-order valence-corrected chi connectivity index (χ1v) is 8.43. The Hall–Kier alpha value is -4.21. The van der Waals surface area contributed by atoms with Gasteiger partial charge in [0.2, 0.25) is 11.8 Å². The minimum absolute atomic E-state index is 0.0126. The third-order valence-electron chi connectivity index (χ3n) is 3.46. The van der Waals surface area contributed by atoms with Gasteiger partial charge in [0.15, 0.2) is 5.75 Å². The van der Waals surface area contributed by atoms with Gasteiger partial charge in [0, 0.05) is 11.9 Å². The highest BCUT2D eigenvalue weighted by molar-refractivity contribution is 5.90. The fraction of sp³-hybridized carbons (Fsp3) is 0.105. The van der Waals surface area contributed by atoms with Gasteiger partial charge in [-0.05, 0) is 24.3 Å². The number of hydrogen-bond donors (Lipinski definition) is 2. The number of benzene rings is 1. The lowest BCUT2D eigenvalue weighted by Gasteiger charge is -2.08. The number of nitrogens with zero attached hydrogens (tertiary/aromatic N) is 4. The molecule has 0 bridgehead atoms. The molecule has 10 nitrogen and oxygen atoms in total. The highest BCUT2D eigenvalue weighted by Gasteiger charge is 2.10. The van der Waals surface area contributed by atoms with E-state index in [1.807, 2.05) is 18.2 Å². The molecule has 0 fully saturated rings. The lowest BCUT2D eigenvalue weighted by Crippen LogP contribution is -2.24. The Kier molecular flexibility index (Phi) is 6.50. The molecule has 0 aliphatic heterocycles. The fourth-order valence-electron chi connectivity index (χ4n) is 2.16. The van der Waals surface area contributed by atoms with E-state index in [1.165, 1.54) is 26.5 Å². The summed E-state index contributed by atoms with van der Waals surface area (Å²) in [5.74, 6) is 0.896. The van der Waals surface area contributed by atoms with Crippen LogP contribution in [0.5, 0.6) is 23.5 Å². The number of pyridine rings is 1. The Morgan fingerprint density at radius 1 is 1.03 bits per heavy atom. The molecule has 0 aliphatic carbocycles. The Bertz CT molecular complexity index is 975. The van der Waals surface area contributed by atoms with Crippen molar-refractivity contribution in [1.29, 1.82) is 0 Å². The van der Waals surface area contributed by atoms with Crippen LogP contribution in [0.25, 0.3) is 0 Å². The number of nitrogens with one attached hydrogen (secondary N) is 2. The van der Waals surface area contributed by atoms with Crippen molar-refractivity contribution in [3.63, 3.8) is 0 Å². The van der Waals surface area contributed by atoms with E-state index in [0.29, 0.717) is 17.1 Å². The molecular weight excluding hydrogens is 376 g/mol. The largest absolute Gasteiger partial charge is 0.481 e. The highest BCUT2D eigenvalue weighted by Crippen LogP contribution is 2.24. The van der Waals surface area contributed by atoms with Crippen LogP contribution in [0.1, 0.15) is 5.69 Å². The molecule has 0 radical (unpaired) electrons. The van der Waals surface area contributed by atoms with Crippen LogP contribution in [0.2, 0.25) is 0 Å². The second-order valence-corrected chi connectivity index (χ2v) is 5.41. The van der Waals surface area contributed by atoms with Crippen molar-refractivity contribution in [3.05, 3.63) is 60.4 Å². The number of methoxy groups -OCH3 is 2.